The molecule has 0 amide bonds. The second kappa shape index (κ2) is 12.5. The summed E-state index contributed by atoms with van der Waals surface area (Å²) in [5.74, 6) is 0.727. The van der Waals surface area contributed by atoms with Crippen molar-refractivity contribution in [2.45, 2.75) is 0 Å². The highest BCUT2D eigenvalue weighted by molar-refractivity contribution is 7.26. The fraction of sp³-hybridized carbons (Fsp3) is 0. The van der Waals surface area contributed by atoms with E-state index in [1.807, 2.05) is 0 Å². The van der Waals surface area contributed by atoms with Crippen LogP contribution in [-0.2, 0) is 0 Å². The van der Waals surface area contributed by atoms with Crippen LogP contribution in [0.15, 0.2) is 182 Å². The molecule has 0 fully saturated rings. The summed E-state index contributed by atoms with van der Waals surface area (Å²) in [4.78, 5) is 10.5. The highest BCUT2D eigenvalue weighted by Crippen LogP contribution is 2.40. The SMILES string of the molecule is c1ccc(-c2ccc(-c3cccc(-c4cccc(-c5nc(-c6cccc(-c7ccccc7)c6)c6sc7ccccc7c6n5)c4)c3)cc2)cc1. The van der Waals surface area contributed by atoms with Crippen molar-refractivity contribution in [3.63, 3.8) is 0 Å². The lowest BCUT2D eigenvalue weighted by molar-refractivity contribution is 1.24. The minimum absolute atomic E-state index is 0.727. The van der Waals surface area contributed by atoms with E-state index in [1.165, 1.54) is 38.1 Å². The lowest BCUT2D eigenvalue weighted by Gasteiger charge is -2.11. The van der Waals surface area contributed by atoms with E-state index in [-0.39, 0.29) is 0 Å². The topological polar surface area (TPSA) is 25.8 Å². The van der Waals surface area contributed by atoms with Crippen molar-refractivity contribution >= 4 is 31.6 Å². The van der Waals surface area contributed by atoms with Gasteiger partial charge in [0, 0.05) is 21.2 Å². The number of benzene rings is 7. The average Bonchev–Trinajstić information content (AvgIpc) is 3.57. The van der Waals surface area contributed by atoms with Crippen LogP contribution in [0.3, 0.4) is 0 Å². The van der Waals surface area contributed by atoms with Crippen LogP contribution in [0.5, 0.6) is 0 Å². The zero-order chi connectivity index (χ0) is 32.6. The van der Waals surface area contributed by atoms with E-state index in [2.05, 4.69) is 182 Å². The molecule has 0 unspecified atom stereocenters. The van der Waals surface area contributed by atoms with Gasteiger partial charge in [-0.25, -0.2) is 9.97 Å². The number of hydrogen-bond donors (Lipinski definition) is 0. The molecule has 9 aromatic rings. The fourth-order valence-corrected chi connectivity index (χ4v) is 7.75. The second-order valence-corrected chi connectivity index (χ2v) is 13.3. The number of nitrogens with zero attached hydrogens (tertiary/aromatic N) is 2. The third kappa shape index (κ3) is 5.61. The van der Waals surface area contributed by atoms with Gasteiger partial charge >= 0.3 is 0 Å². The van der Waals surface area contributed by atoms with Crippen LogP contribution in [0, 0.1) is 0 Å². The van der Waals surface area contributed by atoms with E-state index in [9.17, 15) is 0 Å². The van der Waals surface area contributed by atoms with Gasteiger partial charge in [0.1, 0.15) is 0 Å². The molecule has 0 N–H and O–H groups in total. The molecule has 230 valence electrons. The molecular formula is C46H30N2S. The van der Waals surface area contributed by atoms with Gasteiger partial charge in [0.2, 0.25) is 0 Å². The number of fused-ring (bicyclic) bond motifs is 3. The first-order valence-electron chi connectivity index (χ1n) is 16.5. The number of aromatic nitrogens is 2. The van der Waals surface area contributed by atoms with Gasteiger partial charge < -0.3 is 0 Å². The quantitative estimate of drug-likeness (QED) is 0.180. The van der Waals surface area contributed by atoms with Gasteiger partial charge in [-0.15, -0.1) is 11.3 Å². The monoisotopic (exact) mass is 642 g/mol. The molecule has 2 nitrogen and oxygen atoms in total. The van der Waals surface area contributed by atoms with Gasteiger partial charge in [-0.05, 0) is 68.8 Å². The minimum atomic E-state index is 0.727. The van der Waals surface area contributed by atoms with Crippen molar-refractivity contribution in [1.29, 1.82) is 0 Å². The molecule has 49 heavy (non-hydrogen) atoms. The maximum absolute atomic E-state index is 5.30. The van der Waals surface area contributed by atoms with Crippen LogP contribution in [0.25, 0.3) is 87.5 Å². The predicted octanol–water partition coefficient (Wildman–Crippen LogP) is 12.8. The minimum Gasteiger partial charge on any atom is -0.226 e. The summed E-state index contributed by atoms with van der Waals surface area (Å²) in [7, 11) is 0. The standard InChI is InChI=1S/C46H30N2S/c1-3-12-31(13-4-1)33-24-26-34(27-25-33)35-16-9-18-37(28-35)38-19-11-21-40(30-38)46-47-43(45-44(48-46)41-22-7-8-23-42(41)49-45)39-20-10-17-36(29-39)32-14-5-2-6-15-32/h1-30H. The van der Waals surface area contributed by atoms with Crippen LogP contribution < -0.4 is 0 Å². The van der Waals surface area contributed by atoms with Crippen LogP contribution in [-0.4, -0.2) is 9.97 Å². The average molecular weight is 643 g/mol. The molecular weight excluding hydrogens is 613 g/mol. The maximum atomic E-state index is 5.30. The molecule has 0 spiro atoms. The lowest BCUT2D eigenvalue weighted by Crippen LogP contribution is -1.94. The molecule has 0 aliphatic rings. The van der Waals surface area contributed by atoms with E-state index < -0.39 is 0 Å². The zero-order valence-corrected chi connectivity index (χ0v) is 27.4. The summed E-state index contributed by atoms with van der Waals surface area (Å²) >= 11 is 1.76. The molecule has 2 heterocycles. The van der Waals surface area contributed by atoms with Crippen LogP contribution >= 0.6 is 11.3 Å². The van der Waals surface area contributed by atoms with E-state index in [0.29, 0.717) is 0 Å². The van der Waals surface area contributed by atoms with Gasteiger partial charge in [-0.2, -0.15) is 0 Å². The van der Waals surface area contributed by atoms with Crippen molar-refractivity contribution < 1.29 is 0 Å². The Kier molecular flexibility index (Phi) is 7.38. The molecule has 0 saturated carbocycles. The van der Waals surface area contributed by atoms with Crippen molar-refractivity contribution in [2.24, 2.45) is 0 Å². The highest BCUT2D eigenvalue weighted by Gasteiger charge is 2.17. The smallest absolute Gasteiger partial charge is 0.160 e. The Hall–Kier alpha value is -6.16. The first-order valence-corrected chi connectivity index (χ1v) is 17.3. The summed E-state index contributed by atoms with van der Waals surface area (Å²) in [6.07, 6.45) is 0. The Balaban J connectivity index is 1.13. The first-order chi connectivity index (χ1) is 24.3. The Morgan fingerprint density at radius 3 is 1.41 bits per heavy atom. The van der Waals surface area contributed by atoms with E-state index in [4.69, 9.17) is 9.97 Å². The molecule has 0 radical (unpaired) electrons. The normalized spacial score (nSPS) is 11.3. The van der Waals surface area contributed by atoms with Crippen molar-refractivity contribution in [1.82, 2.24) is 9.97 Å². The molecule has 7 aromatic carbocycles. The zero-order valence-electron chi connectivity index (χ0n) is 26.6. The van der Waals surface area contributed by atoms with E-state index in [0.717, 1.165) is 49.4 Å². The van der Waals surface area contributed by atoms with E-state index >= 15 is 0 Å². The summed E-state index contributed by atoms with van der Waals surface area (Å²) in [5.41, 5.74) is 13.5. The Labute approximate surface area is 289 Å². The molecule has 9 rings (SSSR count). The maximum Gasteiger partial charge on any atom is 0.160 e. The second-order valence-electron chi connectivity index (χ2n) is 12.2. The van der Waals surface area contributed by atoms with E-state index in [1.54, 1.807) is 11.3 Å². The Morgan fingerprint density at radius 1 is 0.327 bits per heavy atom. The van der Waals surface area contributed by atoms with Crippen LogP contribution in [0.1, 0.15) is 0 Å². The summed E-state index contributed by atoms with van der Waals surface area (Å²) in [6, 6.07) is 64.5. The Bertz CT molecular complexity index is 2590. The van der Waals surface area contributed by atoms with Crippen LogP contribution in [0.2, 0.25) is 0 Å². The summed E-state index contributed by atoms with van der Waals surface area (Å²) in [5, 5.41) is 1.16. The largest absolute Gasteiger partial charge is 0.226 e. The molecule has 0 atom stereocenters. The highest BCUT2D eigenvalue weighted by atomic mass is 32.1. The molecule has 0 aliphatic carbocycles. The lowest BCUT2D eigenvalue weighted by atomic mass is 9.96. The third-order valence-electron chi connectivity index (χ3n) is 9.10. The third-order valence-corrected chi connectivity index (χ3v) is 10.3. The fourth-order valence-electron chi connectivity index (χ4n) is 6.59. The summed E-state index contributed by atoms with van der Waals surface area (Å²) in [6.45, 7) is 0. The van der Waals surface area contributed by atoms with Gasteiger partial charge in [0.05, 0.1) is 15.9 Å². The van der Waals surface area contributed by atoms with Gasteiger partial charge in [0.15, 0.2) is 5.82 Å². The van der Waals surface area contributed by atoms with Crippen LogP contribution in [0.4, 0.5) is 0 Å². The van der Waals surface area contributed by atoms with Crippen molar-refractivity contribution in [2.75, 3.05) is 0 Å². The Morgan fingerprint density at radius 2 is 0.755 bits per heavy atom. The molecule has 2 aromatic heterocycles. The molecule has 0 bridgehead atoms. The molecule has 0 saturated heterocycles. The molecule has 0 aliphatic heterocycles. The molecule has 3 heteroatoms. The van der Waals surface area contributed by atoms with Gasteiger partial charge in [-0.3, -0.25) is 0 Å². The summed E-state index contributed by atoms with van der Waals surface area (Å²) < 4.78 is 2.32. The van der Waals surface area contributed by atoms with Crippen molar-refractivity contribution in [3.05, 3.63) is 182 Å². The predicted molar refractivity (Wildman–Crippen MR) is 208 cm³/mol. The van der Waals surface area contributed by atoms with Gasteiger partial charge in [-0.1, -0.05) is 158 Å². The van der Waals surface area contributed by atoms with Crippen molar-refractivity contribution in [3.8, 4) is 67.2 Å². The first kappa shape index (κ1) is 29.0. The number of rotatable bonds is 6. The number of thiophene rings is 1. The number of hydrogen-bond acceptors (Lipinski definition) is 3. The van der Waals surface area contributed by atoms with Gasteiger partial charge in [0.25, 0.3) is 0 Å².